The van der Waals surface area contributed by atoms with E-state index in [1.807, 2.05) is 10.9 Å². The first-order valence-corrected chi connectivity index (χ1v) is 6.92. The van der Waals surface area contributed by atoms with Crippen LogP contribution in [0, 0.1) is 0 Å². The number of hydrogen-bond donors (Lipinski definition) is 1. The Kier molecular flexibility index (Phi) is 5.06. The molecule has 2 aromatic heterocycles. The van der Waals surface area contributed by atoms with Gasteiger partial charge in [-0.3, -0.25) is 4.68 Å². The minimum Gasteiger partial charge on any atom is -0.421 e. The van der Waals surface area contributed by atoms with E-state index >= 15 is 0 Å². The Balaban J connectivity index is 1.92. The topological polar surface area (TPSA) is 64.9 Å². The molecule has 0 spiro atoms. The zero-order valence-electron chi connectivity index (χ0n) is 12.2. The molecule has 2 rings (SSSR count). The maximum absolute atomic E-state index is 5.56. The number of hydrogen-bond acceptors (Lipinski definition) is 5. The second-order valence-electron chi connectivity index (χ2n) is 4.95. The highest BCUT2D eigenvalue weighted by molar-refractivity contribution is 5.17. The third-order valence-corrected chi connectivity index (χ3v) is 2.67. The van der Waals surface area contributed by atoms with Gasteiger partial charge in [0.1, 0.15) is 0 Å². The van der Waals surface area contributed by atoms with Gasteiger partial charge in [-0.25, -0.2) is 9.97 Å². The minimum atomic E-state index is 0.342. The average Bonchev–Trinajstić information content (AvgIpc) is 2.86. The highest BCUT2D eigenvalue weighted by Gasteiger charge is 2.04. The summed E-state index contributed by atoms with van der Waals surface area (Å²) in [5, 5.41) is 7.51. The van der Waals surface area contributed by atoms with Crippen LogP contribution in [-0.2, 0) is 13.1 Å². The lowest BCUT2D eigenvalue weighted by Gasteiger charge is -2.07. The molecule has 0 saturated heterocycles. The first kappa shape index (κ1) is 14.5. The SMILES string of the molecule is CCCn1cc(Oc2ncc(CNC(C)C)cn2)cn1. The van der Waals surface area contributed by atoms with Crippen LogP contribution in [0.25, 0.3) is 0 Å². The Morgan fingerprint density at radius 3 is 2.65 bits per heavy atom. The molecule has 108 valence electrons. The van der Waals surface area contributed by atoms with Gasteiger partial charge in [-0.05, 0) is 6.42 Å². The van der Waals surface area contributed by atoms with Crippen LogP contribution >= 0.6 is 0 Å². The smallest absolute Gasteiger partial charge is 0.321 e. The average molecular weight is 275 g/mol. The van der Waals surface area contributed by atoms with E-state index < -0.39 is 0 Å². The Bertz CT molecular complexity index is 521. The van der Waals surface area contributed by atoms with Crippen molar-refractivity contribution in [3.63, 3.8) is 0 Å². The molecule has 0 atom stereocenters. The monoisotopic (exact) mass is 275 g/mol. The number of rotatable bonds is 7. The molecule has 0 aliphatic heterocycles. The molecule has 1 N–H and O–H groups in total. The predicted molar refractivity (Wildman–Crippen MR) is 76.6 cm³/mol. The molecule has 0 aliphatic carbocycles. The summed E-state index contributed by atoms with van der Waals surface area (Å²) in [5.41, 5.74) is 1.03. The molecule has 0 unspecified atom stereocenters. The summed E-state index contributed by atoms with van der Waals surface area (Å²) >= 11 is 0. The predicted octanol–water partition coefficient (Wildman–Crippen LogP) is 2.37. The van der Waals surface area contributed by atoms with Crippen LogP contribution < -0.4 is 10.1 Å². The quantitative estimate of drug-likeness (QED) is 0.840. The molecule has 0 amide bonds. The molecule has 0 bridgehead atoms. The van der Waals surface area contributed by atoms with Crippen LogP contribution in [0.1, 0.15) is 32.8 Å². The Hall–Kier alpha value is -1.95. The molecule has 2 heterocycles. The van der Waals surface area contributed by atoms with Crippen molar-refractivity contribution in [3.05, 3.63) is 30.4 Å². The van der Waals surface area contributed by atoms with Gasteiger partial charge in [0.25, 0.3) is 0 Å². The second-order valence-corrected chi connectivity index (χ2v) is 4.95. The highest BCUT2D eigenvalue weighted by Crippen LogP contribution is 2.16. The fourth-order valence-corrected chi connectivity index (χ4v) is 1.66. The van der Waals surface area contributed by atoms with Gasteiger partial charge < -0.3 is 10.1 Å². The maximum atomic E-state index is 5.56. The fourth-order valence-electron chi connectivity index (χ4n) is 1.66. The van der Waals surface area contributed by atoms with E-state index in [0.717, 1.165) is 25.1 Å². The van der Waals surface area contributed by atoms with Crippen molar-refractivity contribution in [2.45, 2.75) is 46.3 Å². The zero-order valence-corrected chi connectivity index (χ0v) is 12.2. The molecule has 0 aliphatic rings. The largest absolute Gasteiger partial charge is 0.421 e. The standard InChI is InChI=1S/C14H21N5O/c1-4-5-19-10-13(9-18-19)20-14-16-7-12(8-17-14)6-15-11(2)3/h7-11,15H,4-6H2,1-3H3. The summed E-state index contributed by atoms with van der Waals surface area (Å²) in [6, 6.07) is 0.782. The van der Waals surface area contributed by atoms with Crippen LogP contribution in [0.15, 0.2) is 24.8 Å². The normalized spacial score (nSPS) is 11.0. The van der Waals surface area contributed by atoms with Gasteiger partial charge in [-0.15, -0.1) is 0 Å². The van der Waals surface area contributed by atoms with Gasteiger partial charge in [-0.1, -0.05) is 20.8 Å². The van der Waals surface area contributed by atoms with Gasteiger partial charge in [0, 0.05) is 37.1 Å². The lowest BCUT2D eigenvalue weighted by molar-refractivity contribution is 0.439. The van der Waals surface area contributed by atoms with Crippen molar-refractivity contribution in [1.82, 2.24) is 25.1 Å². The number of aryl methyl sites for hydroxylation is 1. The summed E-state index contributed by atoms with van der Waals surface area (Å²) in [6.07, 6.45) is 8.10. The summed E-state index contributed by atoms with van der Waals surface area (Å²) in [4.78, 5) is 8.39. The Morgan fingerprint density at radius 1 is 1.25 bits per heavy atom. The van der Waals surface area contributed by atoms with Gasteiger partial charge in [0.05, 0.1) is 12.4 Å². The molecule has 0 saturated carbocycles. The van der Waals surface area contributed by atoms with E-state index in [1.54, 1.807) is 18.6 Å². The maximum Gasteiger partial charge on any atom is 0.321 e. The summed E-state index contributed by atoms with van der Waals surface area (Å²) in [7, 11) is 0. The molecule has 6 nitrogen and oxygen atoms in total. The molecular formula is C14H21N5O. The van der Waals surface area contributed by atoms with E-state index in [4.69, 9.17) is 4.74 Å². The van der Waals surface area contributed by atoms with Crippen molar-refractivity contribution >= 4 is 0 Å². The fraction of sp³-hybridized carbons (Fsp3) is 0.500. The van der Waals surface area contributed by atoms with Crippen molar-refractivity contribution < 1.29 is 4.74 Å². The minimum absolute atomic E-state index is 0.342. The highest BCUT2D eigenvalue weighted by atomic mass is 16.5. The third-order valence-electron chi connectivity index (χ3n) is 2.67. The Morgan fingerprint density at radius 2 is 2.00 bits per heavy atom. The zero-order chi connectivity index (χ0) is 14.4. The molecular weight excluding hydrogens is 254 g/mol. The number of nitrogens with zero attached hydrogens (tertiary/aromatic N) is 4. The van der Waals surface area contributed by atoms with Crippen molar-refractivity contribution in [3.8, 4) is 11.8 Å². The van der Waals surface area contributed by atoms with Crippen LogP contribution in [0.3, 0.4) is 0 Å². The van der Waals surface area contributed by atoms with Gasteiger partial charge >= 0.3 is 6.01 Å². The molecule has 0 aromatic carbocycles. The van der Waals surface area contributed by atoms with E-state index in [9.17, 15) is 0 Å². The van der Waals surface area contributed by atoms with E-state index in [2.05, 4.69) is 41.2 Å². The van der Waals surface area contributed by atoms with Crippen molar-refractivity contribution in [1.29, 1.82) is 0 Å². The van der Waals surface area contributed by atoms with Crippen molar-refractivity contribution in [2.75, 3.05) is 0 Å². The first-order valence-electron chi connectivity index (χ1n) is 6.92. The van der Waals surface area contributed by atoms with Crippen molar-refractivity contribution in [2.24, 2.45) is 0 Å². The first-order chi connectivity index (χ1) is 9.67. The summed E-state index contributed by atoms with van der Waals surface area (Å²) < 4.78 is 7.40. The third kappa shape index (κ3) is 4.31. The second kappa shape index (κ2) is 7.00. The van der Waals surface area contributed by atoms with Gasteiger partial charge in [0.15, 0.2) is 5.75 Å². The number of nitrogens with one attached hydrogen (secondary N) is 1. The number of ether oxygens (including phenoxy) is 1. The molecule has 0 radical (unpaired) electrons. The van der Waals surface area contributed by atoms with Gasteiger partial charge in [-0.2, -0.15) is 5.10 Å². The van der Waals surface area contributed by atoms with Crippen LogP contribution in [0.4, 0.5) is 0 Å². The Labute approximate surface area is 119 Å². The lowest BCUT2D eigenvalue weighted by Crippen LogP contribution is -2.21. The molecule has 0 fully saturated rings. The van der Waals surface area contributed by atoms with Crippen LogP contribution in [-0.4, -0.2) is 25.8 Å². The molecule has 20 heavy (non-hydrogen) atoms. The van der Waals surface area contributed by atoms with E-state index in [0.29, 0.717) is 17.8 Å². The summed E-state index contributed by atoms with van der Waals surface area (Å²) in [6.45, 7) is 7.95. The molecule has 2 aromatic rings. The molecule has 6 heteroatoms. The van der Waals surface area contributed by atoms with Crippen LogP contribution in [0.2, 0.25) is 0 Å². The van der Waals surface area contributed by atoms with Crippen LogP contribution in [0.5, 0.6) is 11.8 Å². The summed E-state index contributed by atoms with van der Waals surface area (Å²) in [5.74, 6) is 0.659. The number of aromatic nitrogens is 4. The van der Waals surface area contributed by atoms with E-state index in [1.165, 1.54) is 0 Å². The van der Waals surface area contributed by atoms with E-state index in [-0.39, 0.29) is 0 Å². The van der Waals surface area contributed by atoms with Gasteiger partial charge in [0.2, 0.25) is 0 Å². The lowest BCUT2D eigenvalue weighted by atomic mass is 10.3.